The fourth-order valence-electron chi connectivity index (χ4n) is 4.14. The number of nitrogens with one attached hydrogen (secondary N) is 2. The number of hydrogen-bond donors (Lipinski definition) is 2. The quantitative estimate of drug-likeness (QED) is 0.519. The largest absolute Gasteiger partial charge is 0.317 e. The van der Waals surface area contributed by atoms with Gasteiger partial charge in [-0.2, -0.15) is 5.10 Å². The van der Waals surface area contributed by atoms with Gasteiger partial charge in [0.15, 0.2) is 0 Å². The highest BCUT2D eigenvalue weighted by Gasteiger charge is 2.23. The molecular weight excluding hydrogens is 398 g/mol. The molecule has 0 spiro atoms. The van der Waals surface area contributed by atoms with Gasteiger partial charge in [-0.1, -0.05) is 18.2 Å². The summed E-state index contributed by atoms with van der Waals surface area (Å²) in [5.41, 5.74) is 1.70. The zero-order valence-corrected chi connectivity index (χ0v) is 16.2. The maximum Gasteiger partial charge on any atom is 0.251 e. The summed E-state index contributed by atoms with van der Waals surface area (Å²) in [4.78, 5) is 15.2. The molecule has 8 heteroatoms. The number of fused-ring (bicyclic) bond motifs is 3. The number of H-pyrrole nitrogens is 1. The molecule has 1 saturated heterocycles. The Morgan fingerprint density at radius 3 is 2.55 bits per heavy atom. The van der Waals surface area contributed by atoms with Crippen molar-refractivity contribution in [3.63, 3.8) is 0 Å². The number of hydrogen-bond acceptors (Lipinski definition) is 3. The number of benzene rings is 2. The summed E-state index contributed by atoms with van der Waals surface area (Å²) in [7, 11) is 0. The number of nitrogens with zero attached hydrogens (tertiary/aromatic N) is 2. The topological polar surface area (TPSA) is 62.2 Å². The summed E-state index contributed by atoms with van der Waals surface area (Å²) in [6.45, 7) is 1.74. The molecule has 2 N–H and O–H groups in total. The van der Waals surface area contributed by atoms with Gasteiger partial charge >= 0.3 is 0 Å². The van der Waals surface area contributed by atoms with E-state index >= 15 is 0 Å². The van der Waals surface area contributed by atoms with Crippen molar-refractivity contribution >= 4 is 29.0 Å². The predicted molar refractivity (Wildman–Crippen MR) is 111 cm³/mol. The van der Waals surface area contributed by atoms with Crippen LogP contribution in [0.15, 0.2) is 47.3 Å². The van der Waals surface area contributed by atoms with Gasteiger partial charge in [0.1, 0.15) is 17.3 Å². The van der Waals surface area contributed by atoms with E-state index in [2.05, 4.69) is 15.4 Å². The molecule has 5 nitrogen and oxygen atoms in total. The van der Waals surface area contributed by atoms with Crippen LogP contribution in [0.2, 0.25) is 0 Å². The second-order valence-corrected chi connectivity index (χ2v) is 7.14. The standard InChI is InChI=1S/C21H18F2N4O.ClH/c22-14-4-2-1-3-13(14)19-15(23)5-6-16-20(19)21-25-18(28)11-17(27(21)26-16)12-7-9-24-10-8-12;/h1-6,11-12,24H,7-10H2,(H,25,28);1H. The Balaban J connectivity index is 0.00000205. The van der Waals surface area contributed by atoms with Crippen LogP contribution in [0.3, 0.4) is 0 Å². The summed E-state index contributed by atoms with van der Waals surface area (Å²) in [5, 5.41) is 8.35. The van der Waals surface area contributed by atoms with Crippen molar-refractivity contribution in [2.24, 2.45) is 0 Å². The van der Waals surface area contributed by atoms with Gasteiger partial charge in [0, 0.05) is 23.1 Å². The predicted octanol–water partition coefficient (Wildman–Crippen LogP) is 4.01. The van der Waals surface area contributed by atoms with Crippen LogP contribution in [0.1, 0.15) is 24.5 Å². The van der Waals surface area contributed by atoms with E-state index in [-0.39, 0.29) is 35.0 Å². The monoisotopic (exact) mass is 416 g/mol. The fraction of sp³-hybridized carbons (Fsp3) is 0.238. The number of aromatic nitrogens is 3. The third kappa shape index (κ3) is 3.20. The van der Waals surface area contributed by atoms with Crippen molar-refractivity contribution in [3.8, 4) is 11.1 Å². The van der Waals surface area contributed by atoms with E-state index in [1.807, 2.05) is 0 Å². The van der Waals surface area contributed by atoms with Crippen LogP contribution in [0.5, 0.6) is 0 Å². The Hall–Kier alpha value is -2.77. The molecule has 0 atom stereocenters. The van der Waals surface area contributed by atoms with Crippen LogP contribution in [0.25, 0.3) is 27.7 Å². The molecule has 150 valence electrons. The lowest BCUT2D eigenvalue weighted by Gasteiger charge is -2.23. The van der Waals surface area contributed by atoms with Crippen LogP contribution in [-0.4, -0.2) is 27.7 Å². The normalized spacial score (nSPS) is 15.0. The van der Waals surface area contributed by atoms with Crippen LogP contribution < -0.4 is 10.9 Å². The molecule has 1 aliphatic rings. The number of aromatic amines is 1. The summed E-state index contributed by atoms with van der Waals surface area (Å²) in [6.07, 6.45) is 1.78. The maximum atomic E-state index is 14.8. The minimum atomic E-state index is -0.555. The molecular formula is C21H19ClF2N4O. The molecule has 0 unspecified atom stereocenters. The first-order valence-electron chi connectivity index (χ1n) is 9.33. The molecule has 0 aliphatic carbocycles. The molecule has 0 amide bonds. The van der Waals surface area contributed by atoms with Gasteiger partial charge in [-0.3, -0.25) is 4.79 Å². The van der Waals surface area contributed by atoms with Crippen LogP contribution in [0.4, 0.5) is 8.78 Å². The Bertz CT molecular complexity index is 1260. The molecule has 2 aromatic heterocycles. The average Bonchev–Trinajstić information content (AvgIpc) is 3.07. The smallest absolute Gasteiger partial charge is 0.251 e. The minimum Gasteiger partial charge on any atom is -0.317 e. The van der Waals surface area contributed by atoms with Gasteiger partial charge in [0.2, 0.25) is 0 Å². The first-order chi connectivity index (χ1) is 13.6. The lowest BCUT2D eigenvalue weighted by Crippen LogP contribution is -2.28. The molecule has 0 saturated carbocycles. The van der Waals surface area contributed by atoms with E-state index in [1.54, 1.807) is 28.8 Å². The second kappa shape index (κ2) is 7.57. The third-order valence-electron chi connectivity index (χ3n) is 5.45. The average molecular weight is 417 g/mol. The van der Waals surface area contributed by atoms with Crippen molar-refractivity contribution in [1.29, 1.82) is 0 Å². The van der Waals surface area contributed by atoms with Crippen LogP contribution >= 0.6 is 12.4 Å². The molecule has 3 heterocycles. The van der Waals surface area contributed by atoms with E-state index in [0.717, 1.165) is 31.6 Å². The van der Waals surface area contributed by atoms with E-state index in [0.29, 0.717) is 16.6 Å². The second-order valence-electron chi connectivity index (χ2n) is 7.14. The zero-order chi connectivity index (χ0) is 19.3. The van der Waals surface area contributed by atoms with E-state index in [4.69, 9.17) is 0 Å². The fourth-order valence-corrected chi connectivity index (χ4v) is 4.14. The molecule has 2 aromatic carbocycles. The van der Waals surface area contributed by atoms with Gasteiger partial charge < -0.3 is 10.3 Å². The van der Waals surface area contributed by atoms with Crippen LogP contribution in [0, 0.1) is 11.6 Å². The zero-order valence-electron chi connectivity index (χ0n) is 15.4. The first-order valence-corrected chi connectivity index (χ1v) is 9.33. The Morgan fingerprint density at radius 2 is 1.79 bits per heavy atom. The summed E-state index contributed by atoms with van der Waals surface area (Å²) in [6, 6.07) is 10.5. The van der Waals surface area contributed by atoms with Crippen molar-refractivity contribution in [3.05, 3.63) is 70.1 Å². The molecule has 1 fully saturated rings. The maximum absolute atomic E-state index is 14.8. The van der Waals surface area contributed by atoms with Crippen molar-refractivity contribution in [2.75, 3.05) is 13.1 Å². The van der Waals surface area contributed by atoms with Gasteiger partial charge in [-0.25, -0.2) is 13.3 Å². The van der Waals surface area contributed by atoms with Gasteiger partial charge in [0.25, 0.3) is 5.56 Å². The Labute approximate surface area is 171 Å². The lowest BCUT2D eigenvalue weighted by molar-refractivity contribution is 0.446. The molecule has 1 aliphatic heterocycles. The minimum absolute atomic E-state index is 0. The summed E-state index contributed by atoms with van der Waals surface area (Å²) >= 11 is 0. The highest BCUT2D eigenvalue weighted by atomic mass is 35.5. The Kier molecular flexibility index (Phi) is 5.10. The van der Waals surface area contributed by atoms with E-state index in [9.17, 15) is 13.6 Å². The summed E-state index contributed by atoms with van der Waals surface area (Å²) < 4.78 is 31.0. The first kappa shape index (κ1) is 19.5. The Morgan fingerprint density at radius 1 is 1.03 bits per heavy atom. The number of halogens is 3. The highest BCUT2D eigenvalue weighted by molar-refractivity contribution is 6.04. The van der Waals surface area contributed by atoms with Gasteiger partial charge in [-0.15, -0.1) is 12.4 Å². The van der Waals surface area contributed by atoms with E-state index < -0.39 is 11.6 Å². The molecule has 5 rings (SSSR count). The number of piperidine rings is 1. The SMILES string of the molecule is Cl.O=c1cc(C2CCNCC2)n2nc3ccc(F)c(-c4ccccc4F)c3c2[nH]1. The van der Waals surface area contributed by atoms with Crippen molar-refractivity contribution in [1.82, 2.24) is 19.9 Å². The third-order valence-corrected chi connectivity index (χ3v) is 5.45. The van der Waals surface area contributed by atoms with Crippen molar-refractivity contribution < 1.29 is 8.78 Å². The lowest BCUT2D eigenvalue weighted by atomic mass is 9.94. The van der Waals surface area contributed by atoms with Crippen molar-refractivity contribution in [2.45, 2.75) is 18.8 Å². The number of rotatable bonds is 2. The van der Waals surface area contributed by atoms with E-state index in [1.165, 1.54) is 18.2 Å². The highest BCUT2D eigenvalue weighted by Crippen LogP contribution is 2.35. The van der Waals surface area contributed by atoms with Crippen LogP contribution in [-0.2, 0) is 0 Å². The molecule has 29 heavy (non-hydrogen) atoms. The molecule has 0 bridgehead atoms. The molecule has 4 aromatic rings. The molecule has 0 radical (unpaired) electrons. The summed E-state index contributed by atoms with van der Waals surface area (Å²) in [5.74, 6) is -0.896. The van der Waals surface area contributed by atoms with Gasteiger partial charge in [-0.05, 0) is 44.1 Å². The van der Waals surface area contributed by atoms with Gasteiger partial charge in [0.05, 0.1) is 16.6 Å².